The Balaban J connectivity index is 1.52. The maximum absolute atomic E-state index is 13.3. The lowest BCUT2D eigenvalue weighted by Crippen LogP contribution is -2.29. The highest BCUT2D eigenvalue weighted by atomic mass is 35.5. The van der Waals surface area contributed by atoms with Crippen molar-refractivity contribution >= 4 is 21.6 Å². The molecule has 5 nitrogen and oxygen atoms in total. The molecule has 3 aromatic rings. The monoisotopic (exact) mass is 399 g/mol. The minimum absolute atomic E-state index is 0.129. The van der Waals surface area contributed by atoms with Crippen LogP contribution in [0.4, 0.5) is 0 Å². The standard InChI is InChI=1S/C20H18ClN3O2S/c21-15-6-8-16(9-7-15)27(25,26)24-18-10-11-19(24)20-17(18)12-22-23(20)13-14-4-2-1-3-5-14/h1-9,12,18-19H,10-11,13H2. The van der Waals surface area contributed by atoms with Crippen molar-refractivity contribution in [3.63, 3.8) is 0 Å². The topological polar surface area (TPSA) is 55.2 Å². The van der Waals surface area contributed by atoms with Crippen molar-refractivity contribution in [3.8, 4) is 0 Å². The summed E-state index contributed by atoms with van der Waals surface area (Å²) in [5.74, 6) is 0. The highest BCUT2D eigenvalue weighted by Gasteiger charge is 2.52. The number of nitrogens with zero attached hydrogens (tertiary/aromatic N) is 3. The number of hydrogen-bond donors (Lipinski definition) is 0. The summed E-state index contributed by atoms with van der Waals surface area (Å²) in [6.45, 7) is 0.647. The second-order valence-electron chi connectivity index (χ2n) is 7.03. The number of rotatable bonds is 4. The molecule has 0 aliphatic carbocycles. The van der Waals surface area contributed by atoms with E-state index in [1.807, 2.05) is 29.1 Å². The van der Waals surface area contributed by atoms with Crippen LogP contribution in [0.2, 0.25) is 5.02 Å². The number of sulfonamides is 1. The lowest BCUT2D eigenvalue weighted by molar-refractivity contribution is 0.354. The van der Waals surface area contributed by atoms with Gasteiger partial charge in [0.15, 0.2) is 0 Å². The summed E-state index contributed by atoms with van der Waals surface area (Å²) in [6.07, 6.45) is 3.50. The summed E-state index contributed by atoms with van der Waals surface area (Å²) in [7, 11) is -3.58. The van der Waals surface area contributed by atoms with Crippen molar-refractivity contribution in [2.24, 2.45) is 0 Å². The summed E-state index contributed by atoms with van der Waals surface area (Å²) < 4.78 is 30.2. The number of fused-ring (bicyclic) bond motifs is 5. The first-order chi connectivity index (χ1) is 13.1. The zero-order valence-corrected chi connectivity index (χ0v) is 16.1. The molecule has 0 spiro atoms. The molecule has 5 rings (SSSR count). The van der Waals surface area contributed by atoms with Gasteiger partial charge in [-0.05, 0) is 42.7 Å². The molecular formula is C20H18ClN3O2S. The molecule has 3 heterocycles. The number of benzene rings is 2. The molecule has 0 N–H and O–H groups in total. The van der Waals surface area contributed by atoms with Gasteiger partial charge in [0, 0.05) is 10.6 Å². The first-order valence-electron chi connectivity index (χ1n) is 8.94. The van der Waals surface area contributed by atoms with E-state index in [0.717, 1.165) is 29.7 Å². The van der Waals surface area contributed by atoms with Gasteiger partial charge in [-0.2, -0.15) is 9.40 Å². The Labute approximate surface area is 163 Å². The Hall–Kier alpha value is -2.15. The normalized spacial score (nSPS) is 21.5. The second kappa shape index (κ2) is 6.19. The van der Waals surface area contributed by atoms with Gasteiger partial charge in [0.1, 0.15) is 0 Å². The van der Waals surface area contributed by atoms with Gasteiger partial charge in [0.05, 0.1) is 35.4 Å². The quantitative estimate of drug-likeness (QED) is 0.661. The molecule has 27 heavy (non-hydrogen) atoms. The molecule has 2 aromatic carbocycles. The molecular weight excluding hydrogens is 382 g/mol. The minimum Gasteiger partial charge on any atom is -0.263 e. The van der Waals surface area contributed by atoms with Gasteiger partial charge in [-0.15, -0.1) is 0 Å². The molecule has 2 bridgehead atoms. The molecule has 7 heteroatoms. The lowest BCUT2D eigenvalue weighted by Gasteiger charge is -2.22. The van der Waals surface area contributed by atoms with E-state index in [-0.39, 0.29) is 17.0 Å². The summed E-state index contributed by atoms with van der Waals surface area (Å²) in [5, 5.41) is 5.08. The predicted octanol–water partition coefficient (Wildman–Crippen LogP) is 4.17. The van der Waals surface area contributed by atoms with Gasteiger partial charge in [0.2, 0.25) is 10.0 Å². The minimum atomic E-state index is -3.58. The van der Waals surface area contributed by atoms with Gasteiger partial charge in [-0.25, -0.2) is 8.42 Å². The van der Waals surface area contributed by atoms with Crippen LogP contribution in [0.15, 0.2) is 65.7 Å². The largest absolute Gasteiger partial charge is 0.263 e. The van der Waals surface area contributed by atoms with E-state index in [1.165, 1.54) is 0 Å². The highest BCUT2D eigenvalue weighted by molar-refractivity contribution is 7.89. The Morgan fingerprint density at radius 2 is 1.70 bits per heavy atom. The maximum Gasteiger partial charge on any atom is 0.244 e. The summed E-state index contributed by atoms with van der Waals surface area (Å²) in [6, 6.07) is 16.2. The van der Waals surface area contributed by atoms with Gasteiger partial charge in [0.25, 0.3) is 0 Å². The van der Waals surface area contributed by atoms with E-state index in [2.05, 4.69) is 17.2 Å². The van der Waals surface area contributed by atoms with Crippen molar-refractivity contribution in [3.05, 3.63) is 82.6 Å². The summed E-state index contributed by atoms with van der Waals surface area (Å²) in [5.41, 5.74) is 3.23. The number of halogens is 1. The van der Waals surface area contributed by atoms with Crippen LogP contribution in [0.5, 0.6) is 0 Å². The smallest absolute Gasteiger partial charge is 0.244 e. The van der Waals surface area contributed by atoms with Crippen LogP contribution >= 0.6 is 11.6 Å². The van der Waals surface area contributed by atoms with Gasteiger partial charge < -0.3 is 0 Å². The third-order valence-electron chi connectivity index (χ3n) is 5.48. The first kappa shape index (κ1) is 17.0. The van der Waals surface area contributed by atoms with E-state index in [4.69, 9.17) is 11.6 Å². The van der Waals surface area contributed by atoms with Crippen molar-refractivity contribution in [2.45, 2.75) is 36.4 Å². The molecule has 2 atom stereocenters. The third kappa shape index (κ3) is 2.63. The van der Waals surface area contributed by atoms with Crippen LogP contribution in [0, 0.1) is 0 Å². The van der Waals surface area contributed by atoms with E-state index in [0.29, 0.717) is 11.6 Å². The van der Waals surface area contributed by atoms with Gasteiger partial charge in [-0.1, -0.05) is 41.9 Å². The molecule has 0 radical (unpaired) electrons. The van der Waals surface area contributed by atoms with E-state index < -0.39 is 10.0 Å². The lowest BCUT2D eigenvalue weighted by atomic mass is 9.98. The fourth-order valence-corrected chi connectivity index (χ4v) is 6.26. The molecule has 1 fully saturated rings. The van der Waals surface area contributed by atoms with E-state index >= 15 is 0 Å². The van der Waals surface area contributed by atoms with Crippen LogP contribution in [0.25, 0.3) is 0 Å². The molecule has 138 valence electrons. The van der Waals surface area contributed by atoms with Crippen molar-refractivity contribution in [1.29, 1.82) is 0 Å². The van der Waals surface area contributed by atoms with Crippen LogP contribution in [0.3, 0.4) is 0 Å². The van der Waals surface area contributed by atoms with Crippen molar-refractivity contribution in [1.82, 2.24) is 14.1 Å². The molecule has 1 aromatic heterocycles. The molecule has 2 aliphatic rings. The summed E-state index contributed by atoms with van der Waals surface area (Å²) >= 11 is 5.92. The Morgan fingerprint density at radius 1 is 1.00 bits per heavy atom. The Bertz CT molecular complexity index is 1090. The Morgan fingerprint density at radius 3 is 2.44 bits per heavy atom. The fraction of sp³-hybridized carbons (Fsp3) is 0.250. The average Bonchev–Trinajstić information content (AvgIpc) is 3.35. The van der Waals surface area contributed by atoms with Crippen LogP contribution in [0.1, 0.15) is 41.7 Å². The van der Waals surface area contributed by atoms with Crippen molar-refractivity contribution in [2.75, 3.05) is 0 Å². The van der Waals surface area contributed by atoms with Crippen molar-refractivity contribution < 1.29 is 8.42 Å². The SMILES string of the molecule is O=S(=O)(c1ccc(Cl)cc1)N1C2CCC1c1c2cnn1Cc1ccccc1. The summed E-state index contributed by atoms with van der Waals surface area (Å²) in [4.78, 5) is 0.288. The fourth-order valence-electron chi connectivity index (χ4n) is 4.31. The van der Waals surface area contributed by atoms with Gasteiger partial charge >= 0.3 is 0 Å². The Kier molecular flexibility index (Phi) is 3.89. The second-order valence-corrected chi connectivity index (χ2v) is 9.31. The van der Waals surface area contributed by atoms with Gasteiger partial charge in [-0.3, -0.25) is 4.68 Å². The van der Waals surface area contributed by atoms with E-state index in [9.17, 15) is 8.42 Å². The average molecular weight is 400 g/mol. The highest BCUT2D eigenvalue weighted by Crippen LogP contribution is 2.55. The zero-order chi connectivity index (χ0) is 18.6. The van der Waals surface area contributed by atoms with E-state index in [1.54, 1.807) is 28.6 Å². The predicted molar refractivity (Wildman–Crippen MR) is 103 cm³/mol. The molecule has 1 saturated heterocycles. The molecule has 2 unspecified atom stereocenters. The first-order valence-corrected chi connectivity index (χ1v) is 10.8. The van der Waals surface area contributed by atoms with Crippen LogP contribution < -0.4 is 0 Å². The van der Waals surface area contributed by atoms with Crippen LogP contribution in [-0.2, 0) is 16.6 Å². The zero-order valence-electron chi connectivity index (χ0n) is 14.5. The molecule has 0 saturated carbocycles. The van der Waals surface area contributed by atoms with Crippen LogP contribution in [-0.4, -0.2) is 22.5 Å². The maximum atomic E-state index is 13.3. The number of hydrogen-bond acceptors (Lipinski definition) is 3. The molecule has 2 aliphatic heterocycles. The molecule has 0 amide bonds. The third-order valence-corrected chi connectivity index (χ3v) is 7.66. The number of aromatic nitrogens is 2.